The molecule has 0 bridgehead atoms. The predicted octanol–water partition coefficient (Wildman–Crippen LogP) is 4.10. The first kappa shape index (κ1) is 15.4. The number of nitrogens with zero attached hydrogens (tertiary/aromatic N) is 2. The summed E-state index contributed by atoms with van der Waals surface area (Å²) in [5, 5.41) is 0. The van der Waals surface area contributed by atoms with Crippen LogP contribution in [0.2, 0.25) is 0 Å². The van der Waals surface area contributed by atoms with E-state index in [-0.39, 0.29) is 12.2 Å². The fourth-order valence-electron chi connectivity index (χ4n) is 3.45. The number of ether oxygens (including phenoxy) is 1. The van der Waals surface area contributed by atoms with Crippen LogP contribution < -0.4 is 0 Å². The fourth-order valence-corrected chi connectivity index (χ4v) is 3.45. The number of hydrogen-bond donors (Lipinski definition) is 0. The Kier molecular flexibility index (Phi) is 4.08. The molecule has 0 amide bonds. The highest BCUT2D eigenvalue weighted by Crippen LogP contribution is 2.25. The molecule has 1 saturated heterocycles. The van der Waals surface area contributed by atoms with Gasteiger partial charge < -0.3 is 9.15 Å². The van der Waals surface area contributed by atoms with E-state index >= 15 is 0 Å². The summed E-state index contributed by atoms with van der Waals surface area (Å²) in [6, 6.07) is 16.3. The van der Waals surface area contributed by atoms with Crippen molar-refractivity contribution in [2.75, 3.05) is 13.1 Å². The number of fused-ring (bicyclic) bond motifs is 1. The lowest BCUT2D eigenvalue weighted by Gasteiger charge is -2.35. The first-order valence-electron chi connectivity index (χ1n) is 8.50. The van der Waals surface area contributed by atoms with Crippen LogP contribution in [0, 0.1) is 0 Å². The molecule has 4 rings (SSSR count). The van der Waals surface area contributed by atoms with Crippen LogP contribution in [0.1, 0.15) is 19.4 Å². The molecule has 0 spiro atoms. The Morgan fingerprint density at radius 2 is 1.79 bits per heavy atom. The molecule has 0 unspecified atom stereocenters. The van der Waals surface area contributed by atoms with Gasteiger partial charge in [0, 0.05) is 25.2 Å². The van der Waals surface area contributed by atoms with Crippen molar-refractivity contribution in [1.82, 2.24) is 9.88 Å². The molecular weight excluding hydrogens is 300 g/mol. The minimum absolute atomic E-state index is 0.286. The number of oxazole rings is 1. The van der Waals surface area contributed by atoms with Gasteiger partial charge >= 0.3 is 0 Å². The number of hydrogen-bond acceptors (Lipinski definition) is 4. The van der Waals surface area contributed by atoms with Gasteiger partial charge in [0.1, 0.15) is 5.52 Å². The molecule has 1 aliphatic rings. The highest BCUT2D eigenvalue weighted by molar-refractivity contribution is 5.76. The molecule has 24 heavy (non-hydrogen) atoms. The summed E-state index contributed by atoms with van der Waals surface area (Å²) in [5.41, 5.74) is 4.02. The van der Waals surface area contributed by atoms with E-state index in [1.165, 1.54) is 5.56 Å². The third kappa shape index (κ3) is 3.21. The zero-order chi connectivity index (χ0) is 16.5. The second-order valence-corrected chi connectivity index (χ2v) is 6.64. The van der Waals surface area contributed by atoms with Crippen LogP contribution in [-0.2, 0) is 11.3 Å². The molecule has 1 aliphatic heterocycles. The number of morpholine rings is 1. The lowest BCUT2D eigenvalue weighted by molar-refractivity contribution is -0.0704. The van der Waals surface area contributed by atoms with Gasteiger partial charge in [0.05, 0.1) is 12.2 Å². The average Bonchev–Trinajstić information content (AvgIpc) is 2.98. The smallest absolute Gasteiger partial charge is 0.227 e. The quantitative estimate of drug-likeness (QED) is 0.727. The van der Waals surface area contributed by atoms with Crippen LogP contribution in [0.4, 0.5) is 0 Å². The van der Waals surface area contributed by atoms with E-state index in [0.29, 0.717) is 5.89 Å². The highest BCUT2D eigenvalue weighted by atomic mass is 16.5. The van der Waals surface area contributed by atoms with Gasteiger partial charge in [0.25, 0.3) is 0 Å². The highest BCUT2D eigenvalue weighted by Gasteiger charge is 2.22. The van der Waals surface area contributed by atoms with Crippen LogP contribution >= 0.6 is 0 Å². The second kappa shape index (κ2) is 6.38. The van der Waals surface area contributed by atoms with Crippen LogP contribution in [0.25, 0.3) is 22.6 Å². The Labute approximate surface area is 142 Å². The van der Waals surface area contributed by atoms with Crippen LogP contribution in [0.3, 0.4) is 0 Å². The fraction of sp³-hybridized carbons (Fsp3) is 0.350. The number of aromatic nitrogens is 1. The monoisotopic (exact) mass is 322 g/mol. The summed E-state index contributed by atoms with van der Waals surface area (Å²) in [6.07, 6.45) is 0.573. The molecule has 0 N–H and O–H groups in total. The number of rotatable bonds is 3. The van der Waals surface area contributed by atoms with E-state index in [1.54, 1.807) is 0 Å². The Morgan fingerprint density at radius 1 is 1.04 bits per heavy atom. The van der Waals surface area contributed by atoms with Gasteiger partial charge in [0.15, 0.2) is 5.58 Å². The summed E-state index contributed by atoms with van der Waals surface area (Å²) >= 11 is 0. The summed E-state index contributed by atoms with van der Waals surface area (Å²) in [5.74, 6) is 0.677. The maximum Gasteiger partial charge on any atom is 0.227 e. The predicted molar refractivity (Wildman–Crippen MR) is 94.7 cm³/mol. The molecule has 0 saturated carbocycles. The van der Waals surface area contributed by atoms with Crippen molar-refractivity contribution < 1.29 is 9.15 Å². The Hall–Kier alpha value is -2.17. The lowest BCUT2D eigenvalue weighted by atomic mass is 10.1. The summed E-state index contributed by atoms with van der Waals surface area (Å²) < 4.78 is 11.7. The van der Waals surface area contributed by atoms with Gasteiger partial charge in [-0.25, -0.2) is 4.98 Å². The van der Waals surface area contributed by atoms with Gasteiger partial charge in [-0.2, -0.15) is 0 Å². The summed E-state index contributed by atoms with van der Waals surface area (Å²) in [6.45, 7) is 7.12. The Balaban J connectivity index is 1.57. The number of benzene rings is 2. The molecule has 3 aromatic rings. The molecule has 0 aliphatic carbocycles. The topological polar surface area (TPSA) is 38.5 Å². The Morgan fingerprint density at radius 3 is 2.54 bits per heavy atom. The van der Waals surface area contributed by atoms with E-state index in [4.69, 9.17) is 9.15 Å². The van der Waals surface area contributed by atoms with Crippen LogP contribution in [0.15, 0.2) is 52.9 Å². The van der Waals surface area contributed by atoms with Gasteiger partial charge in [-0.3, -0.25) is 4.90 Å². The molecule has 4 nitrogen and oxygen atoms in total. The minimum Gasteiger partial charge on any atom is -0.436 e. The van der Waals surface area contributed by atoms with Crippen molar-refractivity contribution in [1.29, 1.82) is 0 Å². The largest absolute Gasteiger partial charge is 0.436 e. The molecule has 1 fully saturated rings. The molecular formula is C20H22N2O2. The normalized spacial score (nSPS) is 22.1. The lowest BCUT2D eigenvalue weighted by Crippen LogP contribution is -2.44. The van der Waals surface area contributed by atoms with Crippen molar-refractivity contribution in [3.8, 4) is 11.5 Å². The van der Waals surface area contributed by atoms with Crippen LogP contribution in [-0.4, -0.2) is 35.2 Å². The standard InChI is InChI=1S/C20H22N2O2/c1-14-11-22(12-15(2)23-14)13-16-8-9-19-18(10-16)21-20(24-19)17-6-4-3-5-7-17/h3-10,14-15H,11-13H2,1-2H3/t14-,15-/m0/s1. The third-order valence-electron chi connectivity index (χ3n) is 4.37. The average molecular weight is 322 g/mol. The SMILES string of the molecule is C[C@H]1CN(Cc2ccc3oc(-c4ccccc4)nc3c2)C[C@H](C)O1. The maximum atomic E-state index is 5.89. The molecule has 2 atom stereocenters. The van der Waals surface area contributed by atoms with E-state index in [9.17, 15) is 0 Å². The minimum atomic E-state index is 0.286. The molecule has 2 heterocycles. The Bertz CT molecular complexity index is 818. The molecule has 124 valence electrons. The zero-order valence-electron chi connectivity index (χ0n) is 14.1. The molecule has 1 aromatic heterocycles. The van der Waals surface area contributed by atoms with Crippen molar-refractivity contribution >= 4 is 11.1 Å². The van der Waals surface area contributed by atoms with Crippen molar-refractivity contribution in [3.63, 3.8) is 0 Å². The zero-order valence-corrected chi connectivity index (χ0v) is 14.1. The van der Waals surface area contributed by atoms with E-state index in [1.807, 2.05) is 36.4 Å². The first-order chi connectivity index (χ1) is 11.7. The van der Waals surface area contributed by atoms with Gasteiger partial charge in [-0.1, -0.05) is 24.3 Å². The third-order valence-corrected chi connectivity index (χ3v) is 4.37. The van der Waals surface area contributed by atoms with Gasteiger partial charge in [-0.15, -0.1) is 0 Å². The van der Waals surface area contributed by atoms with Gasteiger partial charge in [-0.05, 0) is 43.7 Å². The van der Waals surface area contributed by atoms with Crippen LogP contribution in [0.5, 0.6) is 0 Å². The second-order valence-electron chi connectivity index (χ2n) is 6.64. The van der Waals surface area contributed by atoms with E-state index in [0.717, 1.165) is 36.3 Å². The molecule has 2 aromatic carbocycles. The van der Waals surface area contributed by atoms with Crippen molar-refractivity contribution in [2.45, 2.75) is 32.6 Å². The van der Waals surface area contributed by atoms with E-state index in [2.05, 4.69) is 35.9 Å². The molecule has 0 radical (unpaired) electrons. The summed E-state index contributed by atoms with van der Waals surface area (Å²) in [4.78, 5) is 7.10. The van der Waals surface area contributed by atoms with Crippen molar-refractivity contribution in [2.24, 2.45) is 0 Å². The maximum absolute atomic E-state index is 5.89. The van der Waals surface area contributed by atoms with E-state index < -0.39 is 0 Å². The first-order valence-corrected chi connectivity index (χ1v) is 8.50. The van der Waals surface area contributed by atoms with Gasteiger partial charge in [0.2, 0.25) is 5.89 Å². The summed E-state index contributed by atoms with van der Waals surface area (Å²) in [7, 11) is 0. The van der Waals surface area contributed by atoms with Crippen molar-refractivity contribution in [3.05, 3.63) is 54.1 Å². The molecule has 4 heteroatoms.